The predicted molar refractivity (Wildman–Crippen MR) is 31.1 cm³/mol. The molecule has 0 aromatic carbocycles. The van der Waals surface area contributed by atoms with Crippen molar-refractivity contribution in [1.82, 2.24) is 0 Å². The van der Waals surface area contributed by atoms with Crippen molar-refractivity contribution in [2.24, 2.45) is 0 Å². The number of aliphatic hydroxyl groups is 2. The molecule has 46 valence electrons. The fraction of sp³-hybridized carbons (Fsp3) is 1.00. The summed E-state index contributed by atoms with van der Waals surface area (Å²) in [4.78, 5) is 0. The molecule has 0 amide bonds. The molecule has 7 heavy (non-hydrogen) atoms. The molecule has 2 N–H and O–H groups in total. The summed E-state index contributed by atoms with van der Waals surface area (Å²) in [5.41, 5.74) is 0. The topological polar surface area (TPSA) is 49.7 Å². The van der Waals surface area contributed by atoms with E-state index in [0.717, 1.165) is 10.5 Å². The standard InChI is InChI=1S/C2H6O2.CH6OSi/c3-1-2-4;1-2-3/h3-4H,1-2H2;1,3H3. The molecule has 0 aliphatic carbocycles. The monoisotopic (exact) mass is 124 g/mol. The van der Waals surface area contributed by atoms with Gasteiger partial charge in [-0.2, -0.15) is 0 Å². The maximum atomic E-state index is 7.62. The molecule has 0 saturated carbocycles. The molecule has 0 atom stereocenters. The average Bonchev–Trinajstić information content (AvgIpc) is 1.69. The second kappa shape index (κ2) is 16.5. The van der Waals surface area contributed by atoms with Gasteiger partial charge in [0.05, 0.1) is 13.2 Å². The van der Waals surface area contributed by atoms with Gasteiger partial charge in [-0.25, -0.2) is 0 Å². The molecular formula is C3H12O3Si. The van der Waals surface area contributed by atoms with Crippen molar-refractivity contribution in [2.75, 3.05) is 20.3 Å². The Balaban J connectivity index is 0. The highest BCUT2D eigenvalue weighted by Crippen LogP contribution is 1.39. The van der Waals surface area contributed by atoms with Crippen LogP contribution in [0.1, 0.15) is 0 Å². The van der Waals surface area contributed by atoms with Gasteiger partial charge in [0.2, 0.25) is 0 Å². The third-order valence-corrected chi connectivity index (χ3v) is 0.1000. The Morgan fingerprint density at radius 2 is 1.57 bits per heavy atom. The van der Waals surface area contributed by atoms with Gasteiger partial charge >= 0.3 is 0 Å². The molecular weight excluding hydrogens is 112 g/mol. The van der Waals surface area contributed by atoms with Crippen molar-refractivity contribution >= 4 is 10.5 Å². The molecule has 0 radical (unpaired) electrons. The first-order chi connectivity index (χ1) is 3.33. The lowest BCUT2D eigenvalue weighted by Crippen LogP contribution is -1.85. The van der Waals surface area contributed by atoms with Gasteiger partial charge in [-0.1, -0.05) is 0 Å². The molecule has 0 aromatic heterocycles. The van der Waals surface area contributed by atoms with E-state index in [9.17, 15) is 0 Å². The summed E-state index contributed by atoms with van der Waals surface area (Å²) < 4.78 is 4.39. The second-order valence-corrected chi connectivity index (χ2v) is 1.67. The predicted octanol–water partition coefficient (Wildman–Crippen LogP) is -2.12. The third-order valence-electron chi connectivity index (χ3n) is 0.1000. The van der Waals surface area contributed by atoms with Crippen LogP contribution in [0.4, 0.5) is 0 Å². The Hall–Kier alpha value is 0.0969. The molecule has 4 heteroatoms. The van der Waals surface area contributed by atoms with Crippen molar-refractivity contribution in [1.29, 1.82) is 0 Å². The Kier molecular flexibility index (Phi) is 24.0. The first kappa shape index (κ1) is 10.2. The molecule has 0 saturated heterocycles. The zero-order valence-electron chi connectivity index (χ0n) is 4.72. The van der Waals surface area contributed by atoms with E-state index in [-0.39, 0.29) is 13.2 Å². The van der Waals surface area contributed by atoms with Gasteiger partial charge in [0, 0.05) is 7.11 Å². The van der Waals surface area contributed by atoms with Gasteiger partial charge < -0.3 is 14.6 Å². The van der Waals surface area contributed by atoms with E-state index in [1.807, 2.05) is 0 Å². The van der Waals surface area contributed by atoms with E-state index in [0.29, 0.717) is 0 Å². The summed E-state index contributed by atoms with van der Waals surface area (Å²) in [7, 11) is 2.56. The Labute approximate surface area is 46.5 Å². The molecule has 3 nitrogen and oxygen atoms in total. The highest BCUT2D eigenvalue weighted by molar-refractivity contribution is 5.97. The van der Waals surface area contributed by atoms with E-state index in [1.165, 1.54) is 0 Å². The highest BCUT2D eigenvalue weighted by atomic mass is 28.2. The third kappa shape index (κ3) is 85.1. The van der Waals surface area contributed by atoms with Gasteiger partial charge in [-0.15, -0.1) is 0 Å². The maximum absolute atomic E-state index is 7.62. The minimum absolute atomic E-state index is 0.125. The van der Waals surface area contributed by atoms with Crippen LogP contribution in [0.15, 0.2) is 0 Å². The first-order valence-electron chi connectivity index (χ1n) is 1.95. The summed E-state index contributed by atoms with van der Waals surface area (Å²) in [6.07, 6.45) is 0. The molecule has 0 spiro atoms. The van der Waals surface area contributed by atoms with Crippen LogP contribution in [-0.4, -0.2) is 41.0 Å². The van der Waals surface area contributed by atoms with Crippen LogP contribution in [0.3, 0.4) is 0 Å². The second-order valence-electron chi connectivity index (χ2n) is 0.855. The largest absolute Gasteiger partial charge is 0.431 e. The molecule has 0 bridgehead atoms. The zero-order chi connectivity index (χ0) is 6.12. The summed E-state index contributed by atoms with van der Waals surface area (Å²) >= 11 is 0. The van der Waals surface area contributed by atoms with Gasteiger partial charge in [0.25, 0.3) is 0 Å². The van der Waals surface area contributed by atoms with E-state index in [4.69, 9.17) is 10.2 Å². The van der Waals surface area contributed by atoms with Gasteiger partial charge in [0.1, 0.15) is 10.5 Å². The zero-order valence-corrected chi connectivity index (χ0v) is 6.72. The number of hydrogen-bond donors (Lipinski definition) is 2. The van der Waals surface area contributed by atoms with Gasteiger partial charge in [-0.3, -0.25) is 0 Å². The summed E-state index contributed by atoms with van der Waals surface area (Å²) in [5, 5.41) is 15.2. The fourth-order valence-electron chi connectivity index (χ4n) is 0. The molecule has 0 heterocycles. The van der Waals surface area contributed by atoms with Crippen molar-refractivity contribution in [3.8, 4) is 0 Å². The van der Waals surface area contributed by atoms with Crippen LogP contribution in [0.2, 0.25) is 0 Å². The molecule has 0 aromatic rings. The smallest absolute Gasteiger partial charge is 0.145 e. The molecule has 0 aliphatic heterocycles. The number of rotatable bonds is 1. The normalized spacial score (nSPS) is 7.29. The van der Waals surface area contributed by atoms with Crippen molar-refractivity contribution in [3.05, 3.63) is 0 Å². The lowest BCUT2D eigenvalue weighted by molar-refractivity contribution is 0.186. The van der Waals surface area contributed by atoms with Crippen LogP contribution in [0, 0.1) is 0 Å². The lowest BCUT2D eigenvalue weighted by Gasteiger charge is -1.70. The van der Waals surface area contributed by atoms with E-state index in [1.54, 1.807) is 7.11 Å². The van der Waals surface area contributed by atoms with E-state index < -0.39 is 0 Å². The Morgan fingerprint density at radius 3 is 1.57 bits per heavy atom. The Bertz CT molecular complexity index is 17.7. The average molecular weight is 124 g/mol. The highest BCUT2D eigenvalue weighted by Gasteiger charge is 1.58. The van der Waals surface area contributed by atoms with Crippen molar-refractivity contribution in [2.45, 2.75) is 0 Å². The molecule has 0 unspecified atom stereocenters. The minimum atomic E-state index is -0.125. The fourth-order valence-corrected chi connectivity index (χ4v) is 0. The number of hydrogen-bond acceptors (Lipinski definition) is 3. The van der Waals surface area contributed by atoms with Crippen LogP contribution in [0.25, 0.3) is 0 Å². The van der Waals surface area contributed by atoms with Crippen LogP contribution in [-0.2, 0) is 4.43 Å². The lowest BCUT2D eigenvalue weighted by atomic mass is 10.8. The molecule has 0 rings (SSSR count). The molecule has 0 aliphatic rings. The summed E-state index contributed by atoms with van der Waals surface area (Å²) in [6, 6.07) is 0. The van der Waals surface area contributed by atoms with Gasteiger partial charge in [-0.05, 0) is 0 Å². The van der Waals surface area contributed by atoms with Crippen molar-refractivity contribution < 1.29 is 14.6 Å². The quantitative estimate of drug-likeness (QED) is 0.393. The minimum Gasteiger partial charge on any atom is -0.431 e. The first-order valence-corrected chi connectivity index (χ1v) is 2.77. The van der Waals surface area contributed by atoms with Crippen LogP contribution < -0.4 is 0 Å². The van der Waals surface area contributed by atoms with Crippen molar-refractivity contribution in [3.63, 3.8) is 0 Å². The van der Waals surface area contributed by atoms with Gasteiger partial charge in [0.15, 0.2) is 0 Å². The summed E-state index contributed by atoms with van der Waals surface area (Å²) in [6.45, 7) is -0.250. The Morgan fingerprint density at radius 1 is 1.43 bits per heavy atom. The van der Waals surface area contributed by atoms with E-state index in [2.05, 4.69) is 4.43 Å². The van der Waals surface area contributed by atoms with Crippen LogP contribution >= 0.6 is 0 Å². The SMILES string of the molecule is CO[SiH3].OCCO. The maximum Gasteiger partial charge on any atom is 0.145 e. The van der Waals surface area contributed by atoms with Crippen LogP contribution in [0.5, 0.6) is 0 Å². The van der Waals surface area contributed by atoms with E-state index >= 15 is 0 Å². The summed E-state index contributed by atoms with van der Waals surface area (Å²) in [5.74, 6) is 0. The molecule has 0 fully saturated rings. The number of aliphatic hydroxyl groups excluding tert-OH is 2.